The zero-order chi connectivity index (χ0) is 13.2. The van der Waals surface area contributed by atoms with Gasteiger partial charge in [0.25, 0.3) is 0 Å². The molecule has 0 atom stereocenters. The number of carbonyl (C=O) groups excluding carboxylic acids is 1. The maximum absolute atomic E-state index is 12.8. The van der Waals surface area contributed by atoms with E-state index in [-0.39, 0.29) is 11.8 Å². The third-order valence-corrected chi connectivity index (χ3v) is 3.76. The molecular formula is C14H18FN3O. The number of halogens is 1. The molecule has 0 bridgehead atoms. The van der Waals surface area contributed by atoms with Gasteiger partial charge < -0.3 is 10.2 Å². The fraction of sp³-hybridized carbons (Fsp3) is 0.500. The minimum absolute atomic E-state index is 0.0953. The lowest BCUT2D eigenvalue weighted by molar-refractivity contribution is 0.142. The number of nitrogens with one attached hydrogen (secondary N) is 1. The smallest absolute Gasteiger partial charge is 0.321 e. The summed E-state index contributed by atoms with van der Waals surface area (Å²) in [6.07, 6.45) is 2.61. The van der Waals surface area contributed by atoms with Gasteiger partial charge in [-0.1, -0.05) is 0 Å². The van der Waals surface area contributed by atoms with Crippen LogP contribution < -0.4 is 5.32 Å². The number of hydrogen-bond acceptors (Lipinski definition) is 2. The van der Waals surface area contributed by atoms with Crippen LogP contribution in [0.1, 0.15) is 12.8 Å². The van der Waals surface area contributed by atoms with Crippen LogP contribution in [0.2, 0.25) is 0 Å². The van der Waals surface area contributed by atoms with Crippen molar-refractivity contribution in [1.82, 2.24) is 9.80 Å². The molecular weight excluding hydrogens is 245 g/mol. The van der Waals surface area contributed by atoms with Gasteiger partial charge in [0.15, 0.2) is 0 Å². The molecule has 1 aliphatic carbocycles. The summed E-state index contributed by atoms with van der Waals surface area (Å²) >= 11 is 0. The number of hydrogen-bond donors (Lipinski definition) is 1. The van der Waals surface area contributed by atoms with Crippen molar-refractivity contribution in [2.24, 2.45) is 0 Å². The minimum Gasteiger partial charge on any atom is -0.322 e. The highest BCUT2D eigenvalue weighted by Gasteiger charge is 2.32. The number of amides is 2. The number of benzene rings is 1. The Morgan fingerprint density at radius 3 is 2.32 bits per heavy atom. The standard InChI is InChI=1S/C14H18FN3O/c15-11-1-3-12(4-2-11)16-14(19)18-9-7-17(8-10-18)13-5-6-13/h1-4,13H,5-10H2,(H,16,19). The molecule has 1 aromatic carbocycles. The summed E-state index contributed by atoms with van der Waals surface area (Å²) in [6.45, 7) is 3.45. The lowest BCUT2D eigenvalue weighted by Crippen LogP contribution is -2.50. The van der Waals surface area contributed by atoms with Gasteiger partial charge in [0.2, 0.25) is 0 Å². The first-order valence-corrected chi connectivity index (χ1v) is 6.78. The Balaban J connectivity index is 1.51. The van der Waals surface area contributed by atoms with Crippen LogP contribution in [0.5, 0.6) is 0 Å². The molecule has 2 fully saturated rings. The van der Waals surface area contributed by atoms with Gasteiger partial charge in [0.05, 0.1) is 0 Å². The van der Waals surface area contributed by atoms with Crippen molar-refractivity contribution in [1.29, 1.82) is 0 Å². The zero-order valence-electron chi connectivity index (χ0n) is 10.8. The van der Waals surface area contributed by atoms with Crippen molar-refractivity contribution in [2.45, 2.75) is 18.9 Å². The molecule has 3 rings (SSSR count). The number of rotatable bonds is 2. The molecule has 0 radical (unpaired) electrons. The van der Waals surface area contributed by atoms with Gasteiger partial charge in [-0.3, -0.25) is 4.90 Å². The molecule has 2 amide bonds. The van der Waals surface area contributed by atoms with E-state index >= 15 is 0 Å². The van der Waals surface area contributed by atoms with E-state index in [1.165, 1.54) is 25.0 Å². The summed E-state index contributed by atoms with van der Waals surface area (Å²) in [7, 11) is 0. The van der Waals surface area contributed by atoms with Crippen LogP contribution in [0, 0.1) is 5.82 Å². The fourth-order valence-electron chi connectivity index (χ4n) is 2.47. The summed E-state index contributed by atoms with van der Waals surface area (Å²) in [5.74, 6) is -0.295. The summed E-state index contributed by atoms with van der Waals surface area (Å²) in [5, 5.41) is 2.80. The molecule has 1 heterocycles. The van der Waals surface area contributed by atoms with Crippen molar-refractivity contribution in [2.75, 3.05) is 31.5 Å². The molecule has 1 N–H and O–H groups in total. The van der Waals surface area contributed by atoms with Crippen molar-refractivity contribution >= 4 is 11.7 Å². The highest BCUT2D eigenvalue weighted by Crippen LogP contribution is 2.27. The molecule has 19 heavy (non-hydrogen) atoms. The van der Waals surface area contributed by atoms with E-state index in [0.29, 0.717) is 5.69 Å². The highest BCUT2D eigenvalue weighted by molar-refractivity contribution is 5.89. The predicted molar refractivity (Wildman–Crippen MR) is 71.6 cm³/mol. The first kappa shape index (κ1) is 12.4. The first-order chi connectivity index (χ1) is 9.22. The van der Waals surface area contributed by atoms with E-state index in [0.717, 1.165) is 32.2 Å². The SMILES string of the molecule is O=C(Nc1ccc(F)cc1)N1CCN(C2CC2)CC1. The van der Waals surface area contributed by atoms with Crippen LogP contribution in [-0.2, 0) is 0 Å². The first-order valence-electron chi connectivity index (χ1n) is 6.78. The molecule has 0 unspecified atom stereocenters. The van der Waals surface area contributed by atoms with Crippen LogP contribution in [-0.4, -0.2) is 48.1 Å². The Hall–Kier alpha value is -1.62. The summed E-state index contributed by atoms with van der Waals surface area (Å²) < 4.78 is 12.8. The lowest BCUT2D eigenvalue weighted by Gasteiger charge is -2.34. The predicted octanol–water partition coefficient (Wildman–Crippen LogP) is 2.14. The molecule has 1 saturated carbocycles. The van der Waals surface area contributed by atoms with Crippen molar-refractivity contribution in [3.8, 4) is 0 Å². The molecule has 1 saturated heterocycles. The molecule has 4 nitrogen and oxygen atoms in total. The van der Waals surface area contributed by atoms with E-state index in [1.54, 1.807) is 12.1 Å². The van der Waals surface area contributed by atoms with Gasteiger partial charge in [-0.25, -0.2) is 9.18 Å². The number of urea groups is 1. The highest BCUT2D eigenvalue weighted by atomic mass is 19.1. The normalized spacial score (nSPS) is 20.4. The largest absolute Gasteiger partial charge is 0.322 e. The average Bonchev–Trinajstić information content (AvgIpc) is 3.26. The van der Waals surface area contributed by atoms with E-state index in [9.17, 15) is 9.18 Å². The van der Waals surface area contributed by atoms with E-state index in [4.69, 9.17) is 0 Å². The fourth-order valence-corrected chi connectivity index (χ4v) is 2.47. The second-order valence-corrected chi connectivity index (χ2v) is 5.19. The molecule has 1 aromatic rings. The van der Waals surface area contributed by atoms with Gasteiger partial charge in [-0.15, -0.1) is 0 Å². The van der Waals surface area contributed by atoms with Crippen LogP contribution in [0.25, 0.3) is 0 Å². The minimum atomic E-state index is -0.295. The Morgan fingerprint density at radius 1 is 1.11 bits per heavy atom. The Morgan fingerprint density at radius 2 is 1.74 bits per heavy atom. The van der Waals surface area contributed by atoms with Crippen LogP contribution in [0.3, 0.4) is 0 Å². The maximum Gasteiger partial charge on any atom is 0.321 e. The van der Waals surface area contributed by atoms with E-state index in [1.807, 2.05) is 4.90 Å². The van der Waals surface area contributed by atoms with Crippen LogP contribution in [0.15, 0.2) is 24.3 Å². The van der Waals surface area contributed by atoms with E-state index < -0.39 is 0 Å². The Kier molecular flexibility index (Phi) is 3.38. The monoisotopic (exact) mass is 263 g/mol. The summed E-state index contributed by atoms with van der Waals surface area (Å²) in [5.41, 5.74) is 0.635. The Labute approximate surface area is 112 Å². The van der Waals surface area contributed by atoms with E-state index in [2.05, 4.69) is 10.2 Å². The van der Waals surface area contributed by atoms with Crippen molar-refractivity contribution < 1.29 is 9.18 Å². The van der Waals surface area contributed by atoms with Gasteiger partial charge >= 0.3 is 6.03 Å². The molecule has 102 valence electrons. The lowest BCUT2D eigenvalue weighted by atomic mass is 10.3. The maximum atomic E-state index is 12.8. The molecule has 5 heteroatoms. The molecule has 0 spiro atoms. The van der Waals surface area contributed by atoms with Gasteiger partial charge in [0, 0.05) is 37.9 Å². The van der Waals surface area contributed by atoms with Crippen LogP contribution >= 0.6 is 0 Å². The van der Waals surface area contributed by atoms with Crippen molar-refractivity contribution in [3.05, 3.63) is 30.1 Å². The average molecular weight is 263 g/mol. The number of carbonyl (C=O) groups is 1. The topological polar surface area (TPSA) is 35.6 Å². The molecule has 2 aliphatic rings. The quantitative estimate of drug-likeness (QED) is 0.887. The number of piperazine rings is 1. The summed E-state index contributed by atoms with van der Waals surface area (Å²) in [4.78, 5) is 16.3. The molecule has 1 aliphatic heterocycles. The summed E-state index contributed by atoms with van der Waals surface area (Å²) in [6, 6.07) is 6.52. The number of nitrogens with zero attached hydrogens (tertiary/aromatic N) is 2. The molecule has 0 aromatic heterocycles. The zero-order valence-corrected chi connectivity index (χ0v) is 10.8. The second-order valence-electron chi connectivity index (χ2n) is 5.19. The van der Waals surface area contributed by atoms with Crippen molar-refractivity contribution in [3.63, 3.8) is 0 Å². The van der Waals surface area contributed by atoms with Crippen LogP contribution in [0.4, 0.5) is 14.9 Å². The van der Waals surface area contributed by atoms with Gasteiger partial charge in [0.1, 0.15) is 5.82 Å². The third-order valence-electron chi connectivity index (χ3n) is 3.76. The van der Waals surface area contributed by atoms with Gasteiger partial charge in [-0.2, -0.15) is 0 Å². The Bertz CT molecular complexity index is 450. The number of anilines is 1. The second kappa shape index (κ2) is 5.17. The van der Waals surface area contributed by atoms with Gasteiger partial charge in [-0.05, 0) is 37.1 Å². The third kappa shape index (κ3) is 3.04.